The Hall–Kier alpha value is -3.01. The molecule has 0 fully saturated rings. The Morgan fingerprint density at radius 3 is 2.16 bits per heavy atom. The quantitative estimate of drug-likeness (QED) is 0.678. The van der Waals surface area contributed by atoms with Crippen LogP contribution in [0, 0.1) is 20.8 Å². The molecule has 1 aromatic carbocycles. The van der Waals surface area contributed by atoms with Crippen LogP contribution in [0.2, 0.25) is 0 Å². The number of amides is 1. The Kier molecular flexibility index (Phi) is 4.36. The highest BCUT2D eigenvalue weighted by atomic mass is 16.1. The number of aromatic amines is 2. The van der Waals surface area contributed by atoms with E-state index in [1.165, 1.54) is 12.5 Å². The molecule has 128 valence electrons. The van der Waals surface area contributed by atoms with Crippen LogP contribution in [0.15, 0.2) is 36.4 Å². The lowest BCUT2D eigenvalue weighted by atomic mass is 9.98. The van der Waals surface area contributed by atoms with E-state index in [-0.39, 0.29) is 5.91 Å². The minimum absolute atomic E-state index is 0.0744. The van der Waals surface area contributed by atoms with E-state index in [0.29, 0.717) is 0 Å². The summed E-state index contributed by atoms with van der Waals surface area (Å²) in [7, 11) is 0. The summed E-state index contributed by atoms with van der Waals surface area (Å²) in [5, 5.41) is 4.75. The van der Waals surface area contributed by atoms with Crippen LogP contribution in [-0.2, 0) is 4.79 Å². The SMILES string of the molecule is C=c1cc(C)/c(=C(\c2ccc(NC(C)=O)cc2)c2[nH]c(C)cc2C)[nH]1. The summed E-state index contributed by atoms with van der Waals surface area (Å²) in [6.45, 7) is 11.8. The van der Waals surface area contributed by atoms with E-state index in [1.807, 2.05) is 30.3 Å². The molecule has 4 nitrogen and oxygen atoms in total. The number of carbonyl (C=O) groups is 1. The molecule has 0 aliphatic heterocycles. The minimum Gasteiger partial charge on any atom is -0.358 e. The molecule has 0 aliphatic carbocycles. The van der Waals surface area contributed by atoms with Crippen molar-refractivity contribution in [2.45, 2.75) is 27.7 Å². The van der Waals surface area contributed by atoms with E-state index in [4.69, 9.17) is 0 Å². The summed E-state index contributed by atoms with van der Waals surface area (Å²) in [5.74, 6) is -0.0744. The van der Waals surface area contributed by atoms with Crippen LogP contribution in [0.25, 0.3) is 12.2 Å². The van der Waals surface area contributed by atoms with Crippen molar-refractivity contribution in [3.05, 3.63) is 75.2 Å². The zero-order valence-electron chi connectivity index (χ0n) is 15.1. The van der Waals surface area contributed by atoms with E-state index in [1.54, 1.807) is 0 Å². The van der Waals surface area contributed by atoms with E-state index in [9.17, 15) is 4.79 Å². The molecular formula is C21H23N3O. The van der Waals surface area contributed by atoms with Crippen LogP contribution in [0.3, 0.4) is 0 Å². The predicted octanol–water partition coefficient (Wildman–Crippen LogP) is 2.88. The topological polar surface area (TPSA) is 60.7 Å². The van der Waals surface area contributed by atoms with Crippen molar-refractivity contribution in [3.63, 3.8) is 0 Å². The van der Waals surface area contributed by atoms with Gasteiger partial charge in [-0.25, -0.2) is 0 Å². The number of nitrogens with one attached hydrogen (secondary N) is 3. The predicted molar refractivity (Wildman–Crippen MR) is 103 cm³/mol. The molecule has 0 saturated heterocycles. The maximum Gasteiger partial charge on any atom is 0.221 e. The molecule has 0 spiro atoms. The van der Waals surface area contributed by atoms with Gasteiger partial charge in [0.2, 0.25) is 5.91 Å². The maximum atomic E-state index is 11.2. The molecule has 2 aromatic heterocycles. The van der Waals surface area contributed by atoms with Crippen LogP contribution in [0.1, 0.15) is 35.0 Å². The summed E-state index contributed by atoms with van der Waals surface area (Å²) in [6.07, 6.45) is 0. The van der Waals surface area contributed by atoms with Gasteiger partial charge >= 0.3 is 0 Å². The number of anilines is 1. The Bertz CT molecular complexity index is 1040. The lowest BCUT2D eigenvalue weighted by molar-refractivity contribution is -0.114. The molecule has 3 aromatic rings. The molecule has 25 heavy (non-hydrogen) atoms. The van der Waals surface area contributed by atoms with Gasteiger partial charge in [0.05, 0.1) is 11.0 Å². The third-order valence-electron chi connectivity index (χ3n) is 4.21. The number of hydrogen-bond acceptors (Lipinski definition) is 1. The van der Waals surface area contributed by atoms with Gasteiger partial charge in [-0.2, -0.15) is 0 Å². The van der Waals surface area contributed by atoms with Gasteiger partial charge in [-0.15, -0.1) is 0 Å². The lowest BCUT2D eigenvalue weighted by Gasteiger charge is -2.10. The summed E-state index contributed by atoms with van der Waals surface area (Å²) in [6, 6.07) is 12.1. The van der Waals surface area contributed by atoms with Gasteiger partial charge in [-0.3, -0.25) is 4.79 Å². The van der Waals surface area contributed by atoms with E-state index < -0.39 is 0 Å². The van der Waals surface area contributed by atoms with Crippen LogP contribution in [0.5, 0.6) is 0 Å². The molecule has 3 N–H and O–H groups in total. The summed E-state index contributed by atoms with van der Waals surface area (Å²) < 4.78 is 0. The van der Waals surface area contributed by atoms with Crippen molar-refractivity contribution in [2.75, 3.05) is 5.32 Å². The zero-order chi connectivity index (χ0) is 18.1. The summed E-state index contributed by atoms with van der Waals surface area (Å²) in [4.78, 5) is 18.1. The van der Waals surface area contributed by atoms with Gasteiger partial charge in [-0.1, -0.05) is 18.7 Å². The van der Waals surface area contributed by atoms with Gasteiger partial charge in [-0.05, 0) is 61.7 Å². The molecular weight excluding hydrogens is 310 g/mol. The fourth-order valence-corrected chi connectivity index (χ4v) is 3.21. The fourth-order valence-electron chi connectivity index (χ4n) is 3.21. The van der Waals surface area contributed by atoms with Crippen molar-refractivity contribution in [1.82, 2.24) is 9.97 Å². The highest BCUT2D eigenvalue weighted by Crippen LogP contribution is 2.25. The highest BCUT2D eigenvalue weighted by molar-refractivity contribution is 5.89. The van der Waals surface area contributed by atoms with E-state index in [0.717, 1.165) is 44.5 Å². The van der Waals surface area contributed by atoms with Gasteiger partial charge in [0.15, 0.2) is 0 Å². The average molecular weight is 333 g/mol. The minimum atomic E-state index is -0.0744. The normalized spacial score (nSPS) is 12.2. The third-order valence-corrected chi connectivity index (χ3v) is 4.21. The second kappa shape index (κ2) is 6.48. The maximum absolute atomic E-state index is 11.2. The van der Waals surface area contributed by atoms with Crippen molar-refractivity contribution < 1.29 is 4.79 Å². The number of aryl methyl sites for hydroxylation is 3. The first-order valence-electron chi connectivity index (χ1n) is 8.28. The zero-order valence-corrected chi connectivity index (χ0v) is 15.1. The van der Waals surface area contributed by atoms with Crippen molar-refractivity contribution in [1.29, 1.82) is 0 Å². The first kappa shape index (κ1) is 16.8. The Morgan fingerprint density at radius 1 is 1.00 bits per heavy atom. The molecule has 0 bridgehead atoms. The Balaban J connectivity index is 2.25. The molecule has 0 atom stereocenters. The molecule has 4 heteroatoms. The van der Waals surface area contributed by atoms with Crippen LogP contribution < -0.4 is 16.0 Å². The Morgan fingerprint density at radius 2 is 1.68 bits per heavy atom. The van der Waals surface area contributed by atoms with Crippen LogP contribution in [0.4, 0.5) is 5.69 Å². The monoisotopic (exact) mass is 333 g/mol. The summed E-state index contributed by atoms with van der Waals surface area (Å²) >= 11 is 0. The molecule has 0 unspecified atom stereocenters. The molecule has 3 rings (SSSR count). The number of carbonyl (C=O) groups excluding carboxylic acids is 1. The Labute approximate surface area is 147 Å². The fraction of sp³-hybridized carbons (Fsp3) is 0.190. The first-order valence-corrected chi connectivity index (χ1v) is 8.28. The van der Waals surface area contributed by atoms with Crippen LogP contribution in [-0.4, -0.2) is 15.9 Å². The van der Waals surface area contributed by atoms with Crippen molar-refractivity contribution >= 4 is 23.7 Å². The molecule has 0 aliphatic rings. The smallest absolute Gasteiger partial charge is 0.221 e. The van der Waals surface area contributed by atoms with Crippen LogP contribution >= 0.6 is 0 Å². The number of H-pyrrole nitrogens is 2. The largest absolute Gasteiger partial charge is 0.358 e. The van der Waals surface area contributed by atoms with Gasteiger partial charge in [0.1, 0.15) is 0 Å². The van der Waals surface area contributed by atoms with Gasteiger partial charge in [0, 0.05) is 29.2 Å². The van der Waals surface area contributed by atoms with Crippen molar-refractivity contribution in [2.24, 2.45) is 0 Å². The third kappa shape index (κ3) is 3.43. The number of hydrogen-bond donors (Lipinski definition) is 3. The van der Waals surface area contributed by atoms with Gasteiger partial charge in [0.25, 0.3) is 0 Å². The summed E-state index contributed by atoms with van der Waals surface area (Å²) in [5.41, 5.74) is 7.52. The second-order valence-electron chi connectivity index (χ2n) is 6.50. The van der Waals surface area contributed by atoms with E-state index >= 15 is 0 Å². The molecule has 0 radical (unpaired) electrons. The lowest BCUT2D eigenvalue weighted by Crippen LogP contribution is -2.16. The second-order valence-corrected chi connectivity index (χ2v) is 6.50. The average Bonchev–Trinajstić information content (AvgIpc) is 3.02. The molecule has 2 heterocycles. The number of rotatable bonds is 3. The standard InChI is InChI=1S/C21H23N3O/c1-12-10-14(3)22-20(12)19(21-13(2)11-15(4)23-21)17-6-8-18(9-7-17)24-16(5)25/h6-11,22-23H,3H2,1-2,4-5H3,(H,24,25)/b20-19-. The first-order chi connectivity index (χ1) is 11.8. The number of aromatic nitrogens is 2. The van der Waals surface area contributed by atoms with E-state index in [2.05, 4.69) is 48.7 Å². The molecule has 0 saturated carbocycles. The highest BCUT2D eigenvalue weighted by Gasteiger charge is 2.14. The van der Waals surface area contributed by atoms with Crippen molar-refractivity contribution in [3.8, 4) is 0 Å². The number of benzene rings is 1. The van der Waals surface area contributed by atoms with Gasteiger partial charge < -0.3 is 15.3 Å². The molecule has 1 amide bonds.